The van der Waals surface area contributed by atoms with Crippen molar-refractivity contribution in [2.75, 3.05) is 13.2 Å². The van der Waals surface area contributed by atoms with Gasteiger partial charge in [0, 0.05) is 12.5 Å². The molecule has 3 heteroatoms. The Balaban J connectivity index is 3.02. The van der Waals surface area contributed by atoms with Gasteiger partial charge in [-0.25, -0.2) is 0 Å². The fourth-order valence-corrected chi connectivity index (χ4v) is 1.22. The van der Waals surface area contributed by atoms with Gasteiger partial charge in [-0.2, -0.15) is 0 Å². The molecule has 0 saturated heterocycles. The van der Waals surface area contributed by atoms with Crippen molar-refractivity contribution in [1.29, 1.82) is 0 Å². The van der Waals surface area contributed by atoms with Gasteiger partial charge in [0.05, 0.1) is 13.2 Å². The lowest BCUT2D eigenvalue weighted by Crippen LogP contribution is -2.00. The molecule has 0 fully saturated rings. The molecule has 0 bridgehead atoms. The molecule has 0 amide bonds. The summed E-state index contributed by atoms with van der Waals surface area (Å²) < 4.78 is 10.7. The number of ether oxygens (including phenoxy) is 2. The molecule has 0 aromatic heterocycles. The molecule has 0 aliphatic heterocycles. The van der Waals surface area contributed by atoms with E-state index in [9.17, 15) is 4.79 Å². The Morgan fingerprint density at radius 2 is 1.80 bits per heavy atom. The average Bonchev–Trinajstić information content (AvgIpc) is 2.21. The zero-order valence-corrected chi connectivity index (χ0v) is 9.08. The van der Waals surface area contributed by atoms with Crippen molar-refractivity contribution in [2.45, 2.75) is 13.8 Å². The first-order valence-corrected chi connectivity index (χ1v) is 4.95. The third-order valence-electron chi connectivity index (χ3n) is 1.87. The standard InChI is InChI=1S/C12H15O3/c1-4-14-11-7-6-10(9(3)13)8-12(11)15-5-2/h6-8H,3-5H2,1-2H3. The summed E-state index contributed by atoms with van der Waals surface area (Å²) >= 11 is 0. The second kappa shape index (κ2) is 5.39. The van der Waals surface area contributed by atoms with Crippen molar-refractivity contribution in [2.24, 2.45) is 0 Å². The van der Waals surface area contributed by atoms with E-state index in [0.29, 0.717) is 30.3 Å². The van der Waals surface area contributed by atoms with E-state index in [1.807, 2.05) is 13.8 Å². The zero-order chi connectivity index (χ0) is 11.3. The molecular weight excluding hydrogens is 192 g/mol. The largest absolute Gasteiger partial charge is 0.490 e. The summed E-state index contributed by atoms with van der Waals surface area (Å²) in [5, 5.41) is 0. The van der Waals surface area contributed by atoms with Crippen LogP contribution in [0.4, 0.5) is 0 Å². The molecule has 1 rings (SSSR count). The van der Waals surface area contributed by atoms with Gasteiger partial charge in [0.25, 0.3) is 0 Å². The number of ketones is 1. The van der Waals surface area contributed by atoms with Crippen LogP contribution in [-0.2, 0) is 0 Å². The van der Waals surface area contributed by atoms with E-state index in [1.165, 1.54) is 0 Å². The molecule has 0 aliphatic carbocycles. The molecule has 81 valence electrons. The number of rotatable bonds is 5. The SMILES string of the molecule is [CH2]C(=O)c1ccc(OCC)c(OCC)c1. The summed E-state index contributed by atoms with van der Waals surface area (Å²) in [6, 6.07) is 5.07. The van der Waals surface area contributed by atoms with Gasteiger partial charge in [0.1, 0.15) is 0 Å². The minimum absolute atomic E-state index is 0.223. The number of carbonyl (C=O) groups is 1. The van der Waals surface area contributed by atoms with Crippen LogP contribution in [-0.4, -0.2) is 19.0 Å². The van der Waals surface area contributed by atoms with Crippen molar-refractivity contribution >= 4 is 5.78 Å². The van der Waals surface area contributed by atoms with Crippen LogP contribution >= 0.6 is 0 Å². The van der Waals surface area contributed by atoms with Crippen LogP contribution in [0.5, 0.6) is 11.5 Å². The van der Waals surface area contributed by atoms with E-state index in [4.69, 9.17) is 9.47 Å². The predicted molar refractivity (Wildman–Crippen MR) is 58.5 cm³/mol. The van der Waals surface area contributed by atoms with Gasteiger partial charge in [-0.05, 0) is 32.0 Å². The van der Waals surface area contributed by atoms with Crippen LogP contribution in [0.25, 0.3) is 0 Å². The molecule has 1 aromatic rings. The van der Waals surface area contributed by atoms with Crippen molar-refractivity contribution in [1.82, 2.24) is 0 Å². The normalized spacial score (nSPS) is 9.80. The maximum atomic E-state index is 11.1. The Morgan fingerprint density at radius 3 is 2.33 bits per heavy atom. The van der Waals surface area contributed by atoms with Crippen molar-refractivity contribution in [3.05, 3.63) is 30.7 Å². The molecule has 1 radical (unpaired) electrons. The average molecular weight is 207 g/mol. The van der Waals surface area contributed by atoms with Crippen LogP contribution in [0.2, 0.25) is 0 Å². The number of hydrogen-bond acceptors (Lipinski definition) is 3. The number of hydrogen-bond donors (Lipinski definition) is 0. The predicted octanol–water partition coefficient (Wildman–Crippen LogP) is 2.50. The van der Waals surface area contributed by atoms with Gasteiger partial charge in [-0.15, -0.1) is 0 Å². The quantitative estimate of drug-likeness (QED) is 0.696. The van der Waals surface area contributed by atoms with Gasteiger partial charge < -0.3 is 9.47 Å². The zero-order valence-electron chi connectivity index (χ0n) is 9.08. The highest BCUT2D eigenvalue weighted by Gasteiger charge is 2.08. The summed E-state index contributed by atoms with van der Waals surface area (Å²) in [5.74, 6) is 1.03. The Hall–Kier alpha value is -1.51. The second-order valence-corrected chi connectivity index (χ2v) is 2.95. The smallest absolute Gasteiger partial charge is 0.163 e. The van der Waals surface area contributed by atoms with E-state index in [0.717, 1.165) is 0 Å². The highest BCUT2D eigenvalue weighted by atomic mass is 16.5. The van der Waals surface area contributed by atoms with Gasteiger partial charge in [0.2, 0.25) is 0 Å². The van der Waals surface area contributed by atoms with Crippen LogP contribution in [0, 0.1) is 6.92 Å². The second-order valence-electron chi connectivity index (χ2n) is 2.95. The van der Waals surface area contributed by atoms with E-state index >= 15 is 0 Å². The monoisotopic (exact) mass is 207 g/mol. The molecule has 3 nitrogen and oxygen atoms in total. The molecule has 15 heavy (non-hydrogen) atoms. The Morgan fingerprint density at radius 1 is 1.20 bits per heavy atom. The molecule has 0 spiro atoms. The van der Waals surface area contributed by atoms with E-state index in [-0.39, 0.29) is 5.78 Å². The molecule has 0 saturated carbocycles. The highest BCUT2D eigenvalue weighted by molar-refractivity contribution is 5.99. The fraction of sp³-hybridized carbons (Fsp3) is 0.333. The number of Topliss-reactive ketones (excluding diaryl/α,β-unsaturated/α-hetero) is 1. The van der Waals surface area contributed by atoms with Gasteiger partial charge in [-0.1, -0.05) is 0 Å². The van der Waals surface area contributed by atoms with E-state index in [2.05, 4.69) is 6.92 Å². The summed E-state index contributed by atoms with van der Waals surface area (Å²) in [5.41, 5.74) is 0.530. The van der Waals surface area contributed by atoms with Crippen molar-refractivity contribution in [3.63, 3.8) is 0 Å². The van der Waals surface area contributed by atoms with Crippen LogP contribution in [0.3, 0.4) is 0 Å². The fourth-order valence-electron chi connectivity index (χ4n) is 1.22. The first-order valence-electron chi connectivity index (χ1n) is 4.95. The summed E-state index contributed by atoms with van der Waals surface area (Å²) in [7, 11) is 0. The van der Waals surface area contributed by atoms with E-state index < -0.39 is 0 Å². The Labute approximate surface area is 90.0 Å². The maximum Gasteiger partial charge on any atom is 0.163 e. The third kappa shape index (κ3) is 2.98. The molecule has 0 heterocycles. The van der Waals surface area contributed by atoms with Gasteiger partial charge in [0.15, 0.2) is 17.3 Å². The van der Waals surface area contributed by atoms with E-state index in [1.54, 1.807) is 18.2 Å². The molecule has 0 unspecified atom stereocenters. The minimum atomic E-state index is -0.223. The summed E-state index contributed by atoms with van der Waals surface area (Å²) in [6.07, 6.45) is 0. The first kappa shape index (κ1) is 11.6. The van der Waals surface area contributed by atoms with Crippen molar-refractivity contribution < 1.29 is 14.3 Å². The third-order valence-corrected chi connectivity index (χ3v) is 1.87. The van der Waals surface area contributed by atoms with Gasteiger partial charge >= 0.3 is 0 Å². The molecule has 0 atom stereocenters. The summed E-state index contributed by atoms with van der Waals surface area (Å²) in [4.78, 5) is 11.1. The summed E-state index contributed by atoms with van der Waals surface area (Å²) in [6.45, 7) is 8.24. The maximum absolute atomic E-state index is 11.1. The Kier molecular flexibility index (Phi) is 4.16. The molecule has 1 aromatic carbocycles. The van der Waals surface area contributed by atoms with Crippen molar-refractivity contribution in [3.8, 4) is 11.5 Å². The molecular formula is C12H15O3. The number of benzene rings is 1. The minimum Gasteiger partial charge on any atom is -0.490 e. The molecule has 0 N–H and O–H groups in total. The van der Waals surface area contributed by atoms with Crippen LogP contribution < -0.4 is 9.47 Å². The van der Waals surface area contributed by atoms with Gasteiger partial charge in [-0.3, -0.25) is 4.79 Å². The highest BCUT2D eigenvalue weighted by Crippen LogP contribution is 2.28. The molecule has 0 aliphatic rings. The lowest BCUT2D eigenvalue weighted by Gasteiger charge is -2.11. The number of carbonyl (C=O) groups excluding carboxylic acids is 1. The lowest BCUT2D eigenvalue weighted by molar-refractivity contribution is 0.104. The lowest BCUT2D eigenvalue weighted by atomic mass is 10.1. The van der Waals surface area contributed by atoms with Crippen LogP contribution in [0.15, 0.2) is 18.2 Å². The first-order chi connectivity index (χ1) is 7.19. The topological polar surface area (TPSA) is 35.5 Å². The Bertz CT molecular complexity index is 345. The van der Waals surface area contributed by atoms with Crippen LogP contribution in [0.1, 0.15) is 24.2 Å².